The van der Waals surface area contributed by atoms with Crippen molar-refractivity contribution in [1.29, 1.82) is 0 Å². The molecule has 0 nitrogen and oxygen atoms in total. The van der Waals surface area contributed by atoms with Crippen LogP contribution in [0.25, 0.3) is 0 Å². The zero-order valence-electron chi connectivity index (χ0n) is 8.34. The molecule has 0 radical (unpaired) electrons. The van der Waals surface area contributed by atoms with Gasteiger partial charge in [0.15, 0.2) is 0 Å². The van der Waals surface area contributed by atoms with Crippen molar-refractivity contribution in [3.05, 3.63) is 30.0 Å². The van der Waals surface area contributed by atoms with Crippen LogP contribution >= 0.6 is 0 Å². The van der Waals surface area contributed by atoms with Crippen molar-refractivity contribution < 1.29 is 0 Å². The van der Waals surface area contributed by atoms with Crippen LogP contribution in [-0.4, -0.2) is 0 Å². The fourth-order valence-electron chi connectivity index (χ4n) is 0.872. The van der Waals surface area contributed by atoms with E-state index in [1.54, 1.807) is 0 Å². The summed E-state index contributed by atoms with van der Waals surface area (Å²) in [6.07, 6.45) is 14.5. The van der Waals surface area contributed by atoms with E-state index in [1.165, 1.54) is 19.3 Å². The Morgan fingerprint density at radius 2 is 1.92 bits per heavy atom. The summed E-state index contributed by atoms with van der Waals surface area (Å²) < 4.78 is 0. The Morgan fingerprint density at radius 3 is 2.58 bits per heavy atom. The molecule has 12 heavy (non-hydrogen) atoms. The van der Waals surface area contributed by atoms with Crippen LogP contribution in [-0.2, 0) is 0 Å². The summed E-state index contributed by atoms with van der Waals surface area (Å²) in [6.45, 7) is 4.36. The highest BCUT2D eigenvalue weighted by atomic mass is 13.8. The molecule has 0 heteroatoms. The summed E-state index contributed by atoms with van der Waals surface area (Å²) in [7, 11) is 0. The van der Waals surface area contributed by atoms with E-state index in [-0.39, 0.29) is 0 Å². The van der Waals surface area contributed by atoms with Crippen molar-refractivity contribution in [3.63, 3.8) is 0 Å². The summed E-state index contributed by atoms with van der Waals surface area (Å²) in [5.74, 6) is 0. The molecule has 0 aromatic rings. The molecular weight excluding hydrogens is 144 g/mol. The molecule has 0 saturated heterocycles. The predicted molar refractivity (Wildman–Crippen MR) is 56.2 cm³/mol. The highest BCUT2D eigenvalue weighted by Crippen LogP contribution is 1.94. The normalized spacial score (nSPS) is 9.83. The van der Waals surface area contributed by atoms with E-state index in [4.69, 9.17) is 0 Å². The second-order valence-corrected chi connectivity index (χ2v) is 2.83. The topological polar surface area (TPSA) is 0 Å². The Morgan fingerprint density at radius 1 is 1.08 bits per heavy atom. The molecule has 0 saturated carbocycles. The quantitative estimate of drug-likeness (QED) is 0.313. The minimum Gasteiger partial charge on any atom is -0.129 e. The summed E-state index contributed by atoms with van der Waals surface area (Å²) in [5.41, 5.74) is 3.18. The number of unbranched alkanes of at least 4 members (excludes halogenated alkanes) is 2. The molecule has 0 rings (SSSR count). The first-order valence-corrected chi connectivity index (χ1v) is 4.96. The van der Waals surface area contributed by atoms with Gasteiger partial charge in [0.2, 0.25) is 0 Å². The summed E-state index contributed by atoms with van der Waals surface area (Å²) in [6, 6.07) is 0. The lowest BCUT2D eigenvalue weighted by Crippen LogP contribution is -1.63. The van der Waals surface area contributed by atoms with Gasteiger partial charge in [-0.1, -0.05) is 32.4 Å². The molecule has 68 valence electrons. The zero-order chi connectivity index (χ0) is 9.07. The second-order valence-electron chi connectivity index (χ2n) is 2.83. The standard InChI is InChI=1S/C12H20/c1-3-5-7-9-11-12-10-8-6-4-2/h5,7,10-11H,3-4,6,8-9H2,1-2H3. The lowest BCUT2D eigenvalue weighted by Gasteiger charge is -1.83. The Balaban J connectivity index is 3.34. The van der Waals surface area contributed by atoms with Crippen molar-refractivity contribution in [1.82, 2.24) is 0 Å². The van der Waals surface area contributed by atoms with Crippen LogP contribution < -0.4 is 0 Å². The van der Waals surface area contributed by atoms with Crippen LogP contribution in [0.2, 0.25) is 0 Å². The van der Waals surface area contributed by atoms with Gasteiger partial charge in [-0.05, 0) is 37.8 Å². The molecular formula is C12H20. The average Bonchev–Trinajstić information content (AvgIpc) is 2.10. The summed E-state index contributed by atoms with van der Waals surface area (Å²) in [4.78, 5) is 0. The zero-order valence-corrected chi connectivity index (χ0v) is 8.34. The van der Waals surface area contributed by atoms with Crippen molar-refractivity contribution in [2.75, 3.05) is 0 Å². The Hall–Kier alpha value is -0.740. The molecule has 0 spiro atoms. The Kier molecular flexibility index (Phi) is 9.63. The summed E-state index contributed by atoms with van der Waals surface area (Å²) in [5, 5.41) is 0. The van der Waals surface area contributed by atoms with E-state index in [0.717, 1.165) is 12.8 Å². The van der Waals surface area contributed by atoms with E-state index in [2.05, 4.69) is 43.9 Å². The van der Waals surface area contributed by atoms with Crippen LogP contribution in [0.5, 0.6) is 0 Å². The number of hydrogen-bond donors (Lipinski definition) is 0. The van der Waals surface area contributed by atoms with Crippen LogP contribution in [0.3, 0.4) is 0 Å². The minimum atomic E-state index is 1.02. The van der Waals surface area contributed by atoms with E-state index in [0.29, 0.717) is 0 Å². The molecule has 0 bridgehead atoms. The maximum atomic E-state index is 3.18. The van der Waals surface area contributed by atoms with Crippen LogP contribution in [0, 0.1) is 0 Å². The first-order chi connectivity index (χ1) is 5.91. The lowest BCUT2D eigenvalue weighted by atomic mass is 10.2. The maximum absolute atomic E-state index is 3.18. The van der Waals surface area contributed by atoms with Crippen LogP contribution in [0.15, 0.2) is 30.0 Å². The van der Waals surface area contributed by atoms with Gasteiger partial charge in [-0.15, -0.1) is 5.73 Å². The van der Waals surface area contributed by atoms with Gasteiger partial charge >= 0.3 is 0 Å². The van der Waals surface area contributed by atoms with Gasteiger partial charge in [0.25, 0.3) is 0 Å². The van der Waals surface area contributed by atoms with Gasteiger partial charge in [-0.2, -0.15) is 0 Å². The third kappa shape index (κ3) is 9.26. The van der Waals surface area contributed by atoms with E-state index in [1.807, 2.05) is 0 Å². The molecule has 0 fully saturated rings. The van der Waals surface area contributed by atoms with E-state index in [9.17, 15) is 0 Å². The molecule has 0 aliphatic carbocycles. The molecule has 0 aromatic carbocycles. The molecule has 0 unspecified atom stereocenters. The molecule has 0 aromatic heterocycles. The third-order valence-electron chi connectivity index (χ3n) is 1.59. The first kappa shape index (κ1) is 11.3. The van der Waals surface area contributed by atoms with Crippen LogP contribution in [0.1, 0.15) is 46.0 Å². The molecule has 0 N–H and O–H groups in total. The van der Waals surface area contributed by atoms with E-state index >= 15 is 0 Å². The Labute approximate surface area is 76.7 Å². The molecule has 0 heterocycles. The van der Waals surface area contributed by atoms with Crippen molar-refractivity contribution in [2.24, 2.45) is 0 Å². The van der Waals surface area contributed by atoms with Gasteiger partial charge in [-0.25, -0.2) is 0 Å². The van der Waals surface area contributed by atoms with Gasteiger partial charge in [0, 0.05) is 0 Å². The van der Waals surface area contributed by atoms with Gasteiger partial charge in [0.05, 0.1) is 0 Å². The van der Waals surface area contributed by atoms with Crippen molar-refractivity contribution in [3.8, 4) is 0 Å². The number of hydrogen-bond acceptors (Lipinski definition) is 0. The largest absolute Gasteiger partial charge is 0.129 e. The second kappa shape index (κ2) is 10.3. The van der Waals surface area contributed by atoms with Crippen molar-refractivity contribution in [2.45, 2.75) is 46.0 Å². The SMILES string of the molecule is CCC=CCC=C=CCCCC. The minimum absolute atomic E-state index is 1.02. The smallest absolute Gasteiger partial charge is 0.00930 e. The monoisotopic (exact) mass is 164 g/mol. The van der Waals surface area contributed by atoms with Gasteiger partial charge in [0.1, 0.15) is 0 Å². The fourth-order valence-corrected chi connectivity index (χ4v) is 0.872. The van der Waals surface area contributed by atoms with Crippen LogP contribution in [0.4, 0.5) is 0 Å². The van der Waals surface area contributed by atoms with Gasteiger partial charge < -0.3 is 0 Å². The first-order valence-electron chi connectivity index (χ1n) is 4.96. The molecule has 0 aliphatic rings. The molecule has 0 aliphatic heterocycles. The molecule has 0 atom stereocenters. The highest BCUT2D eigenvalue weighted by molar-refractivity contribution is 4.92. The van der Waals surface area contributed by atoms with Gasteiger partial charge in [-0.3, -0.25) is 0 Å². The molecule has 0 amide bonds. The number of allylic oxidation sites excluding steroid dienone is 3. The third-order valence-corrected chi connectivity index (χ3v) is 1.59. The Bertz CT molecular complexity index is 157. The number of rotatable bonds is 6. The van der Waals surface area contributed by atoms with Crippen molar-refractivity contribution >= 4 is 0 Å². The predicted octanol–water partition coefficient (Wildman–Crippen LogP) is 4.24. The highest BCUT2D eigenvalue weighted by Gasteiger charge is 1.74. The van der Waals surface area contributed by atoms with E-state index < -0.39 is 0 Å². The maximum Gasteiger partial charge on any atom is -0.00930 e. The summed E-state index contributed by atoms with van der Waals surface area (Å²) >= 11 is 0. The fraction of sp³-hybridized carbons (Fsp3) is 0.583. The average molecular weight is 164 g/mol. The lowest BCUT2D eigenvalue weighted by molar-refractivity contribution is 0.815.